The van der Waals surface area contributed by atoms with Gasteiger partial charge in [0.05, 0.1) is 6.54 Å². The van der Waals surface area contributed by atoms with E-state index >= 15 is 0 Å². The highest BCUT2D eigenvalue weighted by atomic mass is 16.2. The van der Waals surface area contributed by atoms with Crippen LogP contribution in [-0.4, -0.2) is 62.6 Å². The molecule has 3 heterocycles. The zero-order chi connectivity index (χ0) is 19.6. The standard InChI is InChI=1S/C17H27N7O3/c1-3-4-5-6-24-13-14(21(2)17(27)20-15(13)26)19-16(24)23-9-7-22(8-10-23)11-12(18)25/h3-11H2,1-2H3,(H2,18,25)(H,20,26,27). The van der Waals surface area contributed by atoms with Gasteiger partial charge >= 0.3 is 5.69 Å². The summed E-state index contributed by atoms with van der Waals surface area (Å²) in [7, 11) is 1.61. The van der Waals surface area contributed by atoms with Gasteiger partial charge in [-0.15, -0.1) is 0 Å². The fourth-order valence-corrected chi connectivity index (χ4v) is 3.52. The maximum atomic E-state index is 12.5. The Morgan fingerprint density at radius 2 is 1.89 bits per heavy atom. The molecule has 10 heteroatoms. The summed E-state index contributed by atoms with van der Waals surface area (Å²) >= 11 is 0. The lowest BCUT2D eigenvalue weighted by molar-refractivity contribution is -0.119. The molecule has 0 aromatic carbocycles. The maximum Gasteiger partial charge on any atom is 0.329 e. The second kappa shape index (κ2) is 7.95. The Morgan fingerprint density at radius 1 is 1.19 bits per heavy atom. The highest BCUT2D eigenvalue weighted by Gasteiger charge is 2.25. The molecule has 3 rings (SSSR count). The molecule has 0 unspecified atom stereocenters. The molecule has 1 amide bonds. The number of H-pyrrole nitrogens is 1. The van der Waals surface area contributed by atoms with Gasteiger partial charge in [0.2, 0.25) is 11.9 Å². The molecule has 1 aliphatic heterocycles. The van der Waals surface area contributed by atoms with Crippen LogP contribution in [0.1, 0.15) is 26.2 Å². The molecule has 10 nitrogen and oxygen atoms in total. The minimum atomic E-state index is -0.469. The van der Waals surface area contributed by atoms with Crippen LogP contribution in [0.2, 0.25) is 0 Å². The summed E-state index contributed by atoms with van der Waals surface area (Å²) in [5.41, 5.74) is 5.23. The number of carbonyl (C=O) groups is 1. The van der Waals surface area contributed by atoms with Crippen LogP contribution < -0.4 is 21.9 Å². The van der Waals surface area contributed by atoms with Gasteiger partial charge in [-0.3, -0.25) is 24.0 Å². The Morgan fingerprint density at radius 3 is 2.52 bits per heavy atom. The smallest absolute Gasteiger partial charge is 0.329 e. The normalized spacial score (nSPS) is 15.6. The number of anilines is 1. The number of nitrogens with one attached hydrogen (secondary N) is 1. The van der Waals surface area contributed by atoms with E-state index in [1.54, 1.807) is 7.05 Å². The van der Waals surface area contributed by atoms with Crippen LogP contribution in [0.15, 0.2) is 9.59 Å². The third kappa shape index (κ3) is 3.90. The average Bonchev–Trinajstić information content (AvgIpc) is 3.00. The van der Waals surface area contributed by atoms with E-state index in [1.165, 1.54) is 4.57 Å². The molecule has 0 bridgehead atoms. The largest absolute Gasteiger partial charge is 0.369 e. The number of aryl methyl sites for hydroxylation is 2. The van der Waals surface area contributed by atoms with Crippen LogP contribution in [-0.2, 0) is 18.4 Å². The van der Waals surface area contributed by atoms with Crippen LogP contribution in [0.3, 0.4) is 0 Å². The fraction of sp³-hybridized carbons (Fsp3) is 0.647. The summed E-state index contributed by atoms with van der Waals surface area (Å²) in [6.45, 7) is 5.78. The van der Waals surface area contributed by atoms with Crippen LogP contribution >= 0.6 is 0 Å². The van der Waals surface area contributed by atoms with Gasteiger partial charge < -0.3 is 15.2 Å². The number of imidazole rings is 1. The van der Waals surface area contributed by atoms with E-state index in [1.807, 2.05) is 9.47 Å². The van der Waals surface area contributed by atoms with E-state index in [0.717, 1.165) is 19.3 Å². The van der Waals surface area contributed by atoms with Gasteiger partial charge in [0, 0.05) is 39.8 Å². The van der Waals surface area contributed by atoms with E-state index in [-0.39, 0.29) is 12.5 Å². The second-order valence-corrected chi connectivity index (χ2v) is 6.99. The van der Waals surface area contributed by atoms with Gasteiger partial charge in [-0.25, -0.2) is 4.79 Å². The molecule has 0 atom stereocenters. The molecule has 0 saturated carbocycles. The number of carbonyl (C=O) groups excluding carboxylic acids is 1. The van der Waals surface area contributed by atoms with Crippen LogP contribution in [0.25, 0.3) is 11.2 Å². The minimum Gasteiger partial charge on any atom is -0.369 e. The summed E-state index contributed by atoms with van der Waals surface area (Å²) < 4.78 is 3.30. The van der Waals surface area contributed by atoms with Crippen molar-refractivity contribution in [1.29, 1.82) is 0 Å². The van der Waals surface area contributed by atoms with Crippen molar-refractivity contribution in [1.82, 2.24) is 24.0 Å². The maximum absolute atomic E-state index is 12.5. The lowest BCUT2D eigenvalue weighted by Crippen LogP contribution is -2.49. The van der Waals surface area contributed by atoms with Crippen LogP contribution in [0.5, 0.6) is 0 Å². The molecule has 1 saturated heterocycles. The Balaban J connectivity index is 1.96. The van der Waals surface area contributed by atoms with Crippen molar-refractivity contribution in [2.75, 3.05) is 37.6 Å². The molecular formula is C17H27N7O3. The van der Waals surface area contributed by atoms with E-state index in [2.05, 4.69) is 21.8 Å². The molecular weight excluding hydrogens is 350 g/mol. The van der Waals surface area contributed by atoms with Crippen molar-refractivity contribution >= 4 is 23.0 Å². The first kappa shape index (κ1) is 19.2. The van der Waals surface area contributed by atoms with Crippen molar-refractivity contribution in [3.05, 3.63) is 20.8 Å². The van der Waals surface area contributed by atoms with Crippen LogP contribution in [0, 0.1) is 0 Å². The number of nitrogens with zero attached hydrogens (tertiary/aromatic N) is 5. The molecule has 148 valence electrons. The molecule has 1 fully saturated rings. The number of rotatable bonds is 7. The first-order valence-corrected chi connectivity index (χ1v) is 9.37. The summed E-state index contributed by atoms with van der Waals surface area (Å²) in [4.78, 5) is 46.7. The molecule has 3 N–H and O–H groups in total. The monoisotopic (exact) mass is 377 g/mol. The number of amides is 1. The molecule has 0 aliphatic carbocycles. The topological polar surface area (TPSA) is 122 Å². The highest BCUT2D eigenvalue weighted by molar-refractivity contribution is 5.76. The van der Waals surface area contributed by atoms with Crippen molar-refractivity contribution in [2.24, 2.45) is 12.8 Å². The number of fused-ring (bicyclic) bond motifs is 1. The predicted octanol–water partition coefficient (Wildman–Crippen LogP) is -0.779. The van der Waals surface area contributed by atoms with E-state index in [4.69, 9.17) is 5.73 Å². The highest BCUT2D eigenvalue weighted by Crippen LogP contribution is 2.21. The van der Waals surface area contributed by atoms with Gasteiger partial charge in [-0.1, -0.05) is 19.8 Å². The van der Waals surface area contributed by atoms with Crippen LogP contribution in [0.4, 0.5) is 5.95 Å². The van der Waals surface area contributed by atoms with Gasteiger partial charge in [-0.2, -0.15) is 4.98 Å². The third-order valence-corrected chi connectivity index (χ3v) is 5.01. The summed E-state index contributed by atoms with van der Waals surface area (Å²) in [6, 6.07) is 0. The number of primary amides is 1. The van der Waals surface area contributed by atoms with Crippen molar-refractivity contribution in [3.8, 4) is 0 Å². The zero-order valence-electron chi connectivity index (χ0n) is 15.9. The Bertz CT molecular complexity index is 934. The molecule has 0 radical (unpaired) electrons. The van der Waals surface area contributed by atoms with E-state index in [9.17, 15) is 14.4 Å². The Kier molecular flexibility index (Phi) is 5.64. The lowest BCUT2D eigenvalue weighted by atomic mass is 10.2. The number of nitrogens with two attached hydrogens (primary N) is 1. The first-order chi connectivity index (χ1) is 12.9. The molecule has 1 aliphatic rings. The molecule has 0 spiro atoms. The fourth-order valence-electron chi connectivity index (χ4n) is 3.52. The second-order valence-electron chi connectivity index (χ2n) is 6.99. The zero-order valence-corrected chi connectivity index (χ0v) is 15.9. The van der Waals surface area contributed by atoms with Gasteiger partial charge in [-0.05, 0) is 6.42 Å². The first-order valence-electron chi connectivity index (χ1n) is 9.37. The number of aromatic amines is 1. The van der Waals surface area contributed by atoms with Crippen molar-refractivity contribution in [3.63, 3.8) is 0 Å². The molecule has 27 heavy (non-hydrogen) atoms. The SMILES string of the molecule is CCCCCn1c(N2CCN(CC(N)=O)CC2)nc2c1c(=O)[nH]c(=O)n2C. The average molecular weight is 377 g/mol. The van der Waals surface area contributed by atoms with Gasteiger partial charge in [0.15, 0.2) is 11.2 Å². The number of hydrogen-bond acceptors (Lipinski definition) is 6. The summed E-state index contributed by atoms with van der Waals surface area (Å²) in [6.07, 6.45) is 3.05. The van der Waals surface area contributed by atoms with Gasteiger partial charge in [0.25, 0.3) is 5.56 Å². The van der Waals surface area contributed by atoms with E-state index < -0.39 is 11.2 Å². The van der Waals surface area contributed by atoms with E-state index in [0.29, 0.717) is 49.8 Å². The quantitative estimate of drug-likeness (QED) is 0.611. The van der Waals surface area contributed by atoms with Gasteiger partial charge in [0.1, 0.15) is 0 Å². The lowest BCUT2D eigenvalue weighted by Gasteiger charge is -2.34. The number of aromatic nitrogens is 4. The number of unbranched alkanes of at least 4 members (excludes halogenated alkanes) is 2. The Hall–Kier alpha value is -2.62. The Labute approximate surface area is 156 Å². The molecule has 2 aromatic heterocycles. The summed E-state index contributed by atoms with van der Waals surface area (Å²) in [5.74, 6) is 0.364. The predicted molar refractivity (Wildman–Crippen MR) is 103 cm³/mol. The minimum absolute atomic E-state index is 0.245. The van der Waals surface area contributed by atoms with Crippen molar-refractivity contribution < 1.29 is 4.79 Å². The van der Waals surface area contributed by atoms with Crippen molar-refractivity contribution in [2.45, 2.75) is 32.7 Å². The third-order valence-electron chi connectivity index (χ3n) is 5.01. The molecule has 2 aromatic rings. The summed E-state index contributed by atoms with van der Waals surface area (Å²) in [5, 5.41) is 0. The number of hydrogen-bond donors (Lipinski definition) is 2. The number of piperazine rings is 1.